The molecule has 1 saturated heterocycles. The van der Waals surface area contributed by atoms with E-state index >= 15 is 0 Å². The van der Waals surface area contributed by atoms with Crippen molar-refractivity contribution >= 4 is 29.0 Å². The van der Waals surface area contributed by atoms with E-state index in [9.17, 15) is 23.1 Å². The van der Waals surface area contributed by atoms with Gasteiger partial charge in [-0.3, -0.25) is 10.1 Å². The Hall–Kier alpha value is -3.45. The van der Waals surface area contributed by atoms with Crippen LogP contribution in [0.25, 0.3) is 0 Å². The largest absolute Gasteiger partial charge is 0.495 e. The summed E-state index contributed by atoms with van der Waals surface area (Å²) in [6.07, 6.45) is -3.64. The number of aryl methyl sites for hydroxylation is 1. The average molecular weight is 592 g/mol. The SMILES string of the molecule is COc1cc(C(O)N[C@H]2CCN(C)C2)c(Cl)cc1Nc1ncc(C(F)(F)F)c(Oc2ccc(C)c3c2C(=O)CC3)n1. The summed E-state index contributed by atoms with van der Waals surface area (Å²) in [6.45, 7) is 3.52. The van der Waals surface area contributed by atoms with E-state index in [1.807, 2.05) is 14.0 Å². The maximum absolute atomic E-state index is 13.9. The third-order valence-corrected chi connectivity index (χ3v) is 7.63. The van der Waals surface area contributed by atoms with Crippen molar-refractivity contribution in [2.75, 3.05) is 32.6 Å². The summed E-state index contributed by atoms with van der Waals surface area (Å²) in [5.74, 6) is -0.929. The van der Waals surface area contributed by atoms with E-state index < -0.39 is 23.8 Å². The molecule has 218 valence electrons. The number of ether oxygens (including phenoxy) is 2. The number of aromatic nitrogens is 2. The van der Waals surface area contributed by atoms with Crippen LogP contribution in [0.4, 0.5) is 24.8 Å². The summed E-state index contributed by atoms with van der Waals surface area (Å²) in [5, 5.41) is 16.9. The number of fused-ring (bicyclic) bond motifs is 1. The molecular formula is C28H29ClF3N5O4. The fraction of sp³-hybridized carbons (Fsp3) is 0.393. The number of anilines is 2. The molecule has 1 unspecified atom stereocenters. The molecular weight excluding hydrogens is 563 g/mol. The van der Waals surface area contributed by atoms with Gasteiger partial charge in [-0.25, -0.2) is 4.98 Å². The molecule has 1 aliphatic carbocycles. The number of rotatable bonds is 8. The quantitative estimate of drug-likeness (QED) is 0.296. The highest BCUT2D eigenvalue weighted by Gasteiger charge is 2.37. The van der Waals surface area contributed by atoms with Crippen LogP contribution in [0.2, 0.25) is 5.02 Å². The van der Waals surface area contributed by atoms with Crippen LogP contribution >= 0.6 is 11.6 Å². The Bertz CT molecular complexity index is 1490. The Morgan fingerprint density at radius 3 is 2.68 bits per heavy atom. The van der Waals surface area contributed by atoms with Crippen molar-refractivity contribution in [2.45, 2.75) is 44.6 Å². The number of aliphatic hydroxyl groups excluding tert-OH is 1. The second-order valence-corrected chi connectivity index (χ2v) is 10.6. The molecule has 1 aliphatic heterocycles. The summed E-state index contributed by atoms with van der Waals surface area (Å²) < 4.78 is 52.7. The first-order valence-corrected chi connectivity index (χ1v) is 13.4. The Morgan fingerprint density at radius 2 is 2.00 bits per heavy atom. The fourth-order valence-corrected chi connectivity index (χ4v) is 5.43. The van der Waals surface area contributed by atoms with E-state index in [0.29, 0.717) is 18.2 Å². The molecule has 13 heteroatoms. The number of benzene rings is 2. The second kappa shape index (κ2) is 11.4. The zero-order valence-corrected chi connectivity index (χ0v) is 23.4. The smallest absolute Gasteiger partial charge is 0.423 e. The van der Waals surface area contributed by atoms with Gasteiger partial charge in [0.1, 0.15) is 23.3 Å². The molecule has 0 amide bonds. The van der Waals surface area contributed by atoms with E-state index in [0.717, 1.165) is 30.6 Å². The fourth-order valence-electron chi connectivity index (χ4n) is 5.16. The molecule has 2 atom stereocenters. The first-order valence-electron chi connectivity index (χ1n) is 13.0. The van der Waals surface area contributed by atoms with Gasteiger partial charge in [0, 0.05) is 30.8 Å². The first kappa shape index (κ1) is 29.1. The topological polar surface area (TPSA) is 109 Å². The van der Waals surface area contributed by atoms with Gasteiger partial charge in [0.05, 0.1) is 23.4 Å². The van der Waals surface area contributed by atoms with Gasteiger partial charge >= 0.3 is 6.18 Å². The molecule has 5 rings (SSSR count). The van der Waals surface area contributed by atoms with Gasteiger partial charge in [0.15, 0.2) is 5.78 Å². The number of alkyl halides is 3. The number of nitrogens with one attached hydrogen (secondary N) is 2. The van der Waals surface area contributed by atoms with Crippen LogP contribution in [0.1, 0.15) is 51.7 Å². The highest BCUT2D eigenvalue weighted by Crippen LogP contribution is 2.41. The molecule has 2 heterocycles. The van der Waals surface area contributed by atoms with Crippen LogP contribution in [0.5, 0.6) is 17.4 Å². The Labute approximate surface area is 239 Å². The average Bonchev–Trinajstić information content (AvgIpc) is 3.50. The maximum Gasteiger partial charge on any atom is 0.423 e. The third-order valence-electron chi connectivity index (χ3n) is 7.30. The molecule has 3 N–H and O–H groups in total. The molecule has 3 aromatic rings. The normalized spacial score (nSPS) is 18.0. The van der Waals surface area contributed by atoms with E-state index in [4.69, 9.17) is 21.1 Å². The van der Waals surface area contributed by atoms with Gasteiger partial charge in [-0.05, 0) is 62.7 Å². The summed E-state index contributed by atoms with van der Waals surface area (Å²) >= 11 is 6.49. The monoisotopic (exact) mass is 591 g/mol. The van der Waals surface area contributed by atoms with Crippen LogP contribution in [0, 0.1) is 6.92 Å². The number of carbonyl (C=O) groups excluding carboxylic acids is 1. The number of likely N-dealkylation sites (tertiary alicyclic amines) is 1. The number of halogens is 4. The zero-order valence-electron chi connectivity index (χ0n) is 22.6. The lowest BCUT2D eigenvalue weighted by atomic mass is 10.0. The van der Waals surface area contributed by atoms with Crippen LogP contribution in [-0.4, -0.2) is 59.0 Å². The number of Topliss-reactive ketones (excluding diaryl/α,β-unsaturated/α-hetero) is 1. The molecule has 0 radical (unpaired) electrons. The van der Waals surface area contributed by atoms with Gasteiger partial charge in [-0.1, -0.05) is 17.7 Å². The molecule has 41 heavy (non-hydrogen) atoms. The zero-order chi connectivity index (χ0) is 29.5. The van der Waals surface area contributed by atoms with Gasteiger partial charge in [-0.15, -0.1) is 0 Å². The Kier molecular flexibility index (Phi) is 8.11. The van der Waals surface area contributed by atoms with Crippen molar-refractivity contribution in [2.24, 2.45) is 0 Å². The Morgan fingerprint density at radius 1 is 1.22 bits per heavy atom. The minimum Gasteiger partial charge on any atom is -0.495 e. The van der Waals surface area contributed by atoms with Crippen molar-refractivity contribution < 1.29 is 32.5 Å². The lowest BCUT2D eigenvalue weighted by Crippen LogP contribution is -2.34. The lowest BCUT2D eigenvalue weighted by Gasteiger charge is -2.21. The van der Waals surface area contributed by atoms with Crippen LogP contribution in [0.3, 0.4) is 0 Å². The van der Waals surface area contributed by atoms with E-state index in [-0.39, 0.29) is 52.0 Å². The second-order valence-electron chi connectivity index (χ2n) is 10.2. The predicted molar refractivity (Wildman–Crippen MR) is 146 cm³/mol. The van der Waals surface area contributed by atoms with Gasteiger partial charge < -0.3 is 24.8 Å². The molecule has 0 spiro atoms. The summed E-state index contributed by atoms with van der Waals surface area (Å²) in [7, 11) is 3.40. The minimum absolute atomic E-state index is 0.00294. The van der Waals surface area contributed by atoms with Crippen molar-refractivity contribution in [1.82, 2.24) is 20.2 Å². The number of methoxy groups -OCH3 is 1. The highest BCUT2D eigenvalue weighted by atomic mass is 35.5. The summed E-state index contributed by atoms with van der Waals surface area (Å²) in [4.78, 5) is 22.5. The van der Waals surface area contributed by atoms with Gasteiger partial charge in [-0.2, -0.15) is 18.2 Å². The maximum atomic E-state index is 13.9. The molecule has 0 bridgehead atoms. The molecule has 2 aliphatic rings. The highest BCUT2D eigenvalue weighted by molar-refractivity contribution is 6.31. The van der Waals surface area contributed by atoms with Crippen LogP contribution in [-0.2, 0) is 12.6 Å². The summed E-state index contributed by atoms with van der Waals surface area (Å²) in [5.41, 5.74) is 1.32. The number of aliphatic hydroxyl groups is 1. The van der Waals surface area contributed by atoms with Gasteiger partial charge in [0.25, 0.3) is 0 Å². The third kappa shape index (κ3) is 6.10. The standard InChI is InChI=1S/C28H29ClF3N5O4/c1-14-4-7-22(24-16(14)5-6-21(24)38)41-26-18(28(30,31)32)12-33-27(36-26)35-20-11-19(29)17(10-23(20)40-3)25(39)34-15-8-9-37(2)13-15/h4,7,10-12,15,25,34,39H,5-6,8-9,13H2,1-3H3,(H,33,35,36)/t15-,25?/m0/s1. The number of carbonyl (C=O) groups is 1. The van der Waals surface area contributed by atoms with Crippen molar-refractivity contribution in [3.63, 3.8) is 0 Å². The number of ketones is 1. The molecule has 1 fully saturated rings. The Balaban J connectivity index is 1.44. The lowest BCUT2D eigenvalue weighted by molar-refractivity contribution is -0.139. The van der Waals surface area contributed by atoms with E-state index in [1.54, 1.807) is 6.07 Å². The van der Waals surface area contributed by atoms with Crippen molar-refractivity contribution in [3.05, 3.63) is 63.3 Å². The van der Waals surface area contributed by atoms with E-state index in [1.165, 1.54) is 25.3 Å². The molecule has 2 aromatic carbocycles. The summed E-state index contributed by atoms with van der Waals surface area (Å²) in [6, 6.07) is 6.25. The van der Waals surface area contributed by atoms with E-state index in [2.05, 4.69) is 25.5 Å². The van der Waals surface area contributed by atoms with Gasteiger partial charge in [0.2, 0.25) is 11.8 Å². The predicted octanol–water partition coefficient (Wildman–Crippen LogP) is 5.42. The van der Waals surface area contributed by atoms with Crippen LogP contribution < -0.4 is 20.1 Å². The number of likely N-dealkylation sites (N-methyl/N-ethyl adjacent to an activating group) is 1. The number of hydrogen-bond acceptors (Lipinski definition) is 9. The first-order chi connectivity index (χ1) is 19.4. The molecule has 9 nitrogen and oxygen atoms in total. The molecule has 0 saturated carbocycles. The van der Waals surface area contributed by atoms with Crippen molar-refractivity contribution in [3.8, 4) is 17.4 Å². The van der Waals surface area contributed by atoms with Crippen molar-refractivity contribution in [1.29, 1.82) is 0 Å². The minimum atomic E-state index is -4.81. The number of hydrogen-bond donors (Lipinski definition) is 3. The molecule has 1 aromatic heterocycles. The van der Waals surface area contributed by atoms with Crippen LogP contribution in [0.15, 0.2) is 30.5 Å². The number of nitrogens with zero attached hydrogens (tertiary/aromatic N) is 3.